The van der Waals surface area contributed by atoms with E-state index in [1.54, 1.807) is 10.9 Å². The Bertz CT molecular complexity index is 905. The van der Waals surface area contributed by atoms with E-state index in [1.165, 1.54) is 24.3 Å². The van der Waals surface area contributed by atoms with Gasteiger partial charge in [0, 0.05) is 5.69 Å². The first-order chi connectivity index (χ1) is 11.9. The second-order valence-electron chi connectivity index (χ2n) is 5.75. The molecule has 1 amide bonds. The second kappa shape index (κ2) is 6.88. The quantitative estimate of drug-likeness (QED) is 0.763. The molecule has 5 nitrogen and oxygen atoms in total. The SMILES string of the molecule is Cc1cc2ncn(CC(=O)Nc3ccc(OC(F)F)cc3)c2cc1C. The highest BCUT2D eigenvalue weighted by Gasteiger charge is 2.10. The van der Waals surface area contributed by atoms with E-state index >= 15 is 0 Å². The van der Waals surface area contributed by atoms with Crippen LogP contribution in [0.4, 0.5) is 14.5 Å². The number of aromatic nitrogens is 2. The van der Waals surface area contributed by atoms with Gasteiger partial charge in [-0.15, -0.1) is 0 Å². The minimum atomic E-state index is -2.87. The summed E-state index contributed by atoms with van der Waals surface area (Å²) in [6.45, 7) is 1.26. The van der Waals surface area contributed by atoms with Crippen molar-refractivity contribution < 1.29 is 18.3 Å². The number of anilines is 1. The van der Waals surface area contributed by atoms with E-state index in [0.717, 1.165) is 22.2 Å². The lowest BCUT2D eigenvalue weighted by Gasteiger charge is -2.09. The van der Waals surface area contributed by atoms with Crippen LogP contribution in [0.25, 0.3) is 11.0 Å². The molecule has 0 radical (unpaired) electrons. The van der Waals surface area contributed by atoms with Crippen molar-refractivity contribution in [3.8, 4) is 5.75 Å². The zero-order valence-corrected chi connectivity index (χ0v) is 13.8. The zero-order valence-electron chi connectivity index (χ0n) is 13.8. The third-order valence-electron chi connectivity index (χ3n) is 3.91. The Morgan fingerprint density at radius 3 is 2.56 bits per heavy atom. The van der Waals surface area contributed by atoms with Crippen molar-refractivity contribution in [1.82, 2.24) is 9.55 Å². The Morgan fingerprint density at radius 2 is 1.88 bits per heavy atom. The van der Waals surface area contributed by atoms with Gasteiger partial charge in [0.05, 0.1) is 17.4 Å². The standard InChI is InChI=1S/C18H17F2N3O2/c1-11-7-15-16(8-12(11)2)23(10-21-15)9-17(24)22-13-3-5-14(6-4-13)25-18(19)20/h3-8,10,18H,9H2,1-2H3,(H,22,24). The van der Waals surface area contributed by atoms with Crippen molar-refractivity contribution in [2.45, 2.75) is 27.0 Å². The summed E-state index contributed by atoms with van der Waals surface area (Å²) in [6, 6.07) is 9.76. The van der Waals surface area contributed by atoms with Gasteiger partial charge in [-0.3, -0.25) is 4.79 Å². The zero-order chi connectivity index (χ0) is 18.0. The molecule has 2 aromatic carbocycles. The summed E-state index contributed by atoms with van der Waals surface area (Å²) >= 11 is 0. The Kier molecular flexibility index (Phi) is 4.65. The van der Waals surface area contributed by atoms with E-state index in [0.29, 0.717) is 5.69 Å². The molecule has 0 unspecified atom stereocenters. The van der Waals surface area contributed by atoms with Gasteiger partial charge in [0.15, 0.2) is 0 Å². The molecule has 0 spiro atoms. The summed E-state index contributed by atoms with van der Waals surface area (Å²) in [5.74, 6) is -0.195. The van der Waals surface area contributed by atoms with Crippen LogP contribution in [0, 0.1) is 13.8 Å². The van der Waals surface area contributed by atoms with Gasteiger partial charge in [0.2, 0.25) is 5.91 Å². The molecule has 0 fully saturated rings. The summed E-state index contributed by atoms with van der Waals surface area (Å²) in [5.41, 5.74) is 4.50. The highest BCUT2D eigenvalue weighted by atomic mass is 19.3. The largest absolute Gasteiger partial charge is 0.435 e. The summed E-state index contributed by atoms with van der Waals surface area (Å²) in [7, 11) is 0. The summed E-state index contributed by atoms with van der Waals surface area (Å²) in [4.78, 5) is 16.5. The summed E-state index contributed by atoms with van der Waals surface area (Å²) in [6.07, 6.45) is 1.63. The number of halogens is 2. The molecule has 0 saturated carbocycles. The molecule has 0 aliphatic carbocycles. The van der Waals surface area contributed by atoms with Crippen molar-refractivity contribution in [2.24, 2.45) is 0 Å². The van der Waals surface area contributed by atoms with Crippen molar-refractivity contribution in [3.05, 3.63) is 53.9 Å². The Balaban J connectivity index is 1.69. The molecule has 130 valence electrons. The fraction of sp³-hybridized carbons (Fsp3) is 0.222. The maximum Gasteiger partial charge on any atom is 0.387 e. The number of aryl methyl sites for hydroxylation is 2. The summed E-state index contributed by atoms with van der Waals surface area (Å²) < 4.78 is 30.3. The molecule has 3 rings (SSSR count). The number of imidazole rings is 1. The highest BCUT2D eigenvalue weighted by Crippen LogP contribution is 2.20. The van der Waals surface area contributed by atoms with Gasteiger partial charge >= 0.3 is 6.61 Å². The lowest BCUT2D eigenvalue weighted by molar-refractivity contribution is -0.116. The number of nitrogens with one attached hydrogen (secondary N) is 1. The van der Waals surface area contributed by atoms with Crippen LogP contribution in [-0.2, 0) is 11.3 Å². The Labute approximate surface area is 143 Å². The van der Waals surface area contributed by atoms with Gasteiger partial charge < -0.3 is 14.6 Å². The summed E-state index contributed by atoms with van der Waals surface area (Å²) in [5, 5.41) is 2.72. The van der Waals surface area contributed by atoms with E-state index in [2.05, 4.69) is 15.0 Å². The smallest absolute Gasteiger partial charge is 0.387 e. The molecule has 1 heterocycles. The molecule has 0 saturated heterocycles. The number of fused-ring (bicyclic) bond motifs is 1. The van der Waals surface area contributed by atoms with Crippen molar-refractivity contribution in [1.29, 1.82) is 0 Å². The van der Waals surface area contributed by atoms with Crippen LogP contribution in [0.1, 0.15) is 11.1 Å². The number of nitrogens with zero attached hydrogens (tertiary/aromatic N) is 2. The van der Waals surface area contributed by atoms with Crippen LogP contribution >= 0.6 is 0 Å². The topological polar surface area (TPSA) is 56.2 Å². The lowest BCUT2D eigenvalue weighted by Crippen LogP contribution is -2.18. The average Bonchev–Trinajstić information content (AvgIpc) is 2.91. The Morgan fingerprint density at radius 1 is 1.20 bits per heavy atom. The number of alkyl halides is 2. The first-order valence-electron chi connectivity index (χ1n) is 7.69. The van der Waals surface area contributed by atoms with Crippen molar-refractivity contribution in [2.75, 3.05) is 5.32 Å². The first-order valence-corrected chi connectivity index (χ1v) is 7.69. The Hall–Kier alpha value is -2.96. The van der Waals surface area contributed by atoms with Gasteiger partial charge in [0.25, 0.3) is 0 Å². The number of hydrogen-bond acceptors (Lipinski definition) is 3. The first kappa shape index (κ1) is 16.9. The second-order valence-corrected chi connectivity index (χ2v) is 5.75. The molecule has 0 aliphatic heterocycles. The molecule has 1 aromatic heterocycles. The predicted molar refractivity (Wildman–Crippen MR) is 90.9 cm³/mol. The maximum atomic E-state index is 12.2. The fourth-order valence-corrected chi connectivity index (χ4v) is 2.51. The third-order valence-corrected chi connectivity index (χ3v) is 3.91. The minimum absolute atomic E-state index is 0.0412. The molecular weight excluding hydrogens is 328 g/mol. The number of benzene rings is 2. The van der Waals surface area contributed by atoms with Gasteiger partial charge in [-0.25, -0.2) is 4.98 Å². The number of carbonyl (C=O) groups excluding carboxylic acids is 1. The molecule has 7 heteroatoms. The van der Waals surface area contributed by atoms with E-state index in [-0.39, 0.29) is 18.2 Å². The van der Waals surface area contributed by atoms with Gasteiger partial charge in [-0.2, -0.15) is 8.78 Å². The highest BCUT2D eigenvalue weighted by molar-refractivity contribution is 5.91. The third kappa shape index (κ3) is 3.93. The molecule has 25 heavy (non-hydrogen) atoms. The van der Waals surface area contributed by atoms with Gasteiger partial charge in [0.1, 0.15) is 12.3 Å². The number of amides is 1. The van der Waals surface area contributed by atoms with Crippen LogP contribution in [-0.4, -0.2) is 22.1 Å². The lowest BCUT2D eigenvalue weighted by atomic mass is 10.1. The number of rotatable bonds is 5. The van der Waals surface area contributed by atoms with Crippen LogP contribution in [0.3, 0.4) is 0 Å². The number of carbonyl (C=O) groups is 1. The minimum Gasteiger partial charge on any atom is -0.435 e. The van der Waals surface area contributed by atoms with Crippen molar-refractivity contribution in [3.63, 3.8) is 0 Å². The van der Waals surface area contributed by atoms with Crippen LogP contribution in [0.5, 0.6) is 5.75 Å². The average molecular weight is 345 g/mol. The molecule has 3 aromatic rings. The van der Waals surface area contributed by atoms with E-state index in [4.69, 9.17) is 0 Å². The molecule has 0 atom stereocenters. The van der Waals surface area contributed by atoms with E-state index < -0.39 is 6.61 Å². The molecule has 0 aliphatic rings. The number of ether oxygens (including phenoxy) is 1. The van der Waals surface area contributed by atoms with E-state index in [9.17, 15) is 13.6 Å². The van der Waals surface area contributed by atoms with Crippen LogP contribution < -0.4 is 10.1 Å². The van der Waals surface area contributed by atoms with Crippen molar-refractivity contribution >= 4 is 22.6 Å². The molecule has 1 N–H and O–H groups in total. The van der Waals surface area contributed by atoms with Crippen LogP contribution in [0.2, 0.25) is 0 Å². The fourth-order valence-electron chi connectivity index (χ4n) is 2.51. The van der Waals surface area contributed by atoms with Gasteiger partial charge in [-0.1, -0.05) is 0 Å². The monoisotopic (exact) mass is 345 g/mol. The predicted octanol–water partition coefficient (Wildman–Crippen LogP) is 3.89. The normalized spacial score (nSPS) is 11.1. The van der Waals surface area contributed by atoms with Crippen LogP contribution in [0.15, 0.2) is 42.7 Å². The molecular formula is C18H17F2N3O2. The molecule has 0 bridgehead atoms. The number of hydrogen-bond donors (Lipinski definition) is 1. The van der Waals surface area contributed by atoms with Gasteiger partial charge in [-0.05, 0) is 61.4 Å². The van der Waals surface area contributed by atoms with E-state index in [1.807, 2.05) is 26.0 Å². The maximum absolute atomic E-state index is 12.2.